The van der Waals surface area contributed by atoms with Gasteiger partial charge in [-0.3, -0.25) is 4.99 Å². The fourth-order valence-electron chi connectivity index (χ4n) is 3.11. The molecule has 2 N–H and O–H groups in total. The van der Waals surface area contributed by atoms with E-state index >= 15 is 0 Å². The van der Waals surface area contributed by atoms with E-state index in [1.165, 1.54) is 38.5 Å². The summed E-state index contributed by atoms with van der Waals surface area (Å²) in [4.78, 5) is 10.9. The number of hydrogen-bond acceptors (Lipinski definition) is 3. The summed E-state index contributed by atoms with van der Waals surface area (Å²) in [5.74, 6) is 2.79. The number of pyridine rings is 1. The second kappa shape index (κ2) is 11.5. The summed E-state index contributed by atoms with van der Waals surface area (Å²) < 4.78 is 0. The molecule has 24 heavy (non-hydrogen) atoms. The molecule has 0 amide bonds. The lowest BCUT2D eigenvalue weighted by Crippen LogP contribution is -2.37. The molecule has 2 rings (SSSR count). The van der Waals surface area contributed by atoms with Crippen LogP contribution in [0.5, 0.6) is 0 Å². The predicted molar refractivity (Wildman–Crippen MR) is 113 cm³/mol. The van der Waals surface area contributed by atoms with Crippen molar-refractivity contribution in [3.63, 3.8) is 0 Å². The van der Waals surface area contributed by atoms with E-state index in [-0.39, 0.29) is 24.0 Å². The van der Waals surface area contributed by atoms with Crippen LogP contribution in [0.2, 0.25) is 0 Å². The summed E-state index contributed by atoms with van der Waals surface area (Å²) in [6, 6.07) is 6.09. The Morgan fingerprint density at radius 3 is 2.67 bits per heavy atom. The first-order valence-electron chi connectivity index (χ1n) is 8.77. The van der Waals surface area contributed by atoms with Gasteiger partial charge < -0.3 is 15.5 Å². The van der Waals surface area contributed by atoms with Gasteiger partial charge in [-0.1, -0.05) is 31.7 Å². The van der Waals surface area contributed by atoms with Gasteiger partial charge in [0.2, 0.25) is 0 Å². The fraction of sp³-hybridized carbons (Fsp3) is 0.667. The topological polar surface area (TPSA) is 52.6 Å². The monoisotopic (exact) mass is 445 g/mol. The van der Waals surface area contributed by atoms with Crippen LogP contribution in [0, 0.1) is 5.92 Å². The Morgan fingerprint density at radius 2 is 2.00 bits per heavy atom. The van der Waals surface area contributed by atoms with Crippen LogP contribution in [0.15, 0.2) is 23.2 Å². The van der Waals surface area contributed by atoms with Crippen molar-refractivity contribution in [2.45, 2.75) is 45.1 Å². The molecule has 1 aromatic rings. The van der Waals surface area contributed by atoms with Crippen molar-refractivity contribution in [3.8, 4) is 0 Å². The normalized spacial score (nSPS) is 15.0. The first-order valence-corrected chi connectivity index (χ1v) is 8.77. The van der Waals surface area contributed by atoms with Crippen LogP contribution in [0.4, 0.5) is 5.82 Å². The maximum absolute atomic E-state index is 4.61. The molecule has 1 fully saturated rings. The average molecular weight is 445 g/mol. The summed E-state index contributed by atoms with van der Waals surface area (Å²) in [5, 5.41) is 6.74. The first kappa shape index (κ1) is 21.0. The van der Waals surface area contributed by atoms with Gasteiger partial charge in [-0.15, -0.1) is 24.0 Å². The maximum Gasteiger partial charge on any atom is 0.191 e. The van der Waals surface area contributed by atoms with Crippen molar-refractivity contribution in [2.24, 2.45) is 10.9 Å². The van der Waals surface area contributed by atoms with Gasteiger partial charge in [0.15, 0.2) is 5.96 Å². The Morgan fingerprint density at radius 1 is 1.25 bits per heavy atom. The van der Waals surface area contributed by atoms with Gasteiger partial charge in [-0.2, -0.15) is 0 Å². The van der Waals surface area contributed by atoms with Crippen LogP contribution in [-0.2, 0) is 6.54 Å². The third-order valence-electron chi connectivity index (χ3n) is 4.47. The minimum absolute atomic E-state index is 0. The van der Waals surface area contributed by atoms with Crippen molar-refractivity contribution >= 4 is 35.8 Å². The zero-order chi connectivity index (χ0) is 16.5. The van der Waals surface area contributed by atoms with E-state index in [9.17, 15) is 0 Å². The molecular weight excluding hydrogens is 413 g/mol. The van der Waals surface area contributed by atoms with Gasteiger partial charge in [0.1, 0.15) is 5.82 Å². The fourth-order valence-corrected chi connectivity index (χ4v) is 3.11. The zero-order valence-corrected chi connectivity index (χ0v) is 17.5. The van der Waals surface area contributed by atoms with E-state index in [1.54, 1.807) is 0 Å². The third-order valence-corrected chi connectivity index (χ3v) is 4.47. The molecule has 0 radical (unpaired) electrons. The summed E-state index contributed by atoms with van der Waals surface area (Å²) in [5.41, 5.74) is 1.02. The molecule has 136 valence electrons. The quantitative estimate of drug-likeness (QED) is 0.293. The molecule has 5 nitrogen and oxygen atoms in total. The number of aliphatic imine (C=N–C) groups is 1. The average Bonchev–Trinajstić information content (AvgIpc) is 3.08. The van der Waals surface area contributed by atoms with E-state index in [0.29, 0.717) is 6.54 Å². The molecule has 0 spiro atoms. The lowest BCUT2D eigenvalue weighted by atomic mass is 10.0. The second-order valence-electron chi connectivity index (χ2n) is 6.53. The van der Waals surface area contributed by atoms with Crippen LogP contribution in [0.3, 0.4) is 0 Å². The molecule has 0 atom stereocenters. The minimum atomic E-state index is 0. The van der Waals surface area contributed by atoms with Gasteiger partial charge >= 0.3 is 0 Å². The molecule has 1 aromatic heterocycles. The summed E-state index contributed by atoms with van der Waals surface area (Å²) in [7, 11) is 5.82. The van der Waals surface area contributed by atoms with E-state index in [2.05, 4.69) is 20.6 Å². The Balaban J connectivity index is 0.00000288. The van der Waals surface area contributed by atoms with Crippen LogP contribution in [0.25, 0.3) is 0 Å². The standard InChI is InChI=1S/C18H31N5.HI/c1-19-18(20-13-7-10-15-8-4-5-9-15)21-14-16-11-6-12-17(22-16)23(2)3;/h6,11-12,15H,4-5,7-10,13-14H2,1-3H3,(H2,19,20,21);1H. The SMILES string of the molecule is CN=C(NCCCC1CCCC1)NCc1cccc(N(C)C)n1.I. The molecule has 1 aliphatic rings. The van der Waals surface area contributed by atoms with Gasteiger partial charge in [0.05, 0.1) is 12.2 Å². The summed E-state index contributed by atoms with van der Waals surface area (Å²) in [6.45, 7) is 1.67. The second-order valence-corrected chi connectivity index (χ2v) is 6.53. The molecule has 1 heterocycles. The number of rotatable bonds is 7. The van der Waals surface area contributed by atoms with Crippen molar-refractivity contribution in [2.75, 3.05) is 32.6 Å². The van der Waals surface area contributed by atoms with Crippen LogP contribution < -0.4 is 15.5 Å². The van der Waals surface area contributed by atoms with Crippen LogP contribution in [-0.4, -0.2) is 38.6 Å². The van der Waals surface area contributed by atoms with Gasteiger partial charge in [-0.05, 0) is 30.9 Å². The van der Waals surface area contributed by atoms with Crippen molar-refractivity contribution < 1.29 is 0 Å². The molecule has 1 saturated carbocycles. The van der Waals surface area contributed by atoms with E-state index < -0.39 is 0 Å². The summed E-state index contributed by atoms with van der Waals surface area (Å²) >= 11 is 0. The predicted octanol–water partition coefficient (Wildman–Crippen LogP) is 3.40. The number of nitrogens with zero attached hydrogens (tertiary/aromatic N) is 3. The molecule has 1 aliphatic carbocycles. The Labute approximate surface area is 163 Å². The Kier molecular flexibility index (Phi) is 10.1. The van der Waals surface area contributed by atoms with Gasteiger partial charge in [-0.25, -0.2) is 4.98 Å². The number of aromatic nitrogens is 1. The molecule has 0 aromatic carbocycles. The lowest BCUT2D eigenvalue weighted by molar-refractivity contribution is 0.481. The van der Waals surface area contributed by atoms with Gasteiger partial charge in [0.25, 0.3) is 0 Å². The molecule has 0 aliphatic heterocycles. The van der Waals surface area contributed by atoms with Crippen molar-refractivity contribution in [3.05, 3.63) is 23.9 Å². The number of anilines is 1. The van der Waals surface area contributed by atoms with Gasteiger partial charge in [0, 0.05) is 27.7 Å². The van der Waals surface area contributed by atoms with Crippen LogP contribution >= 0.6 is 24.0 Å². The van der Waals surface area contributed by atoms with Crippen molar-refractivity contribution in [1.82, 2.24) is 15.6 Å². The Bertz CT molecular complexity index is 498. The zero-order valence-electron chi connectivity index (χ0n) is 15.2. The summed E-state index contributed by atoms with van der Waals surface area (Å²) in [6.07, 6.45) is 8.29. The first-order chi connectivity index (χ1) is 11.2. The number of halogens is 1. The van der Waals surface area contributed by atoms with Crippen LogP contribution in [0.1, 0.15) is 44.2 Å². The molecule has 0 unspecified atom stereocenters. The molecule has 0 saturated heterocycles. The number of hydrogen-bond donors (Lipinski definition) is 2. The number of nitrogens with one attached hydrogen (secondary N) is 2. The molecular formula is C18H32IN5. The smallest absolute Gasteiger partial charge is 0.191 e. The number of guanidine groups is 1. The van der Waals surface area contributed by atoms with E-state index in [1.807, 2.05) is 44.2 Å². The minimum Gasteiger partial charge on any atom is -0.363 e. The highest BCUT2D eigenvalue weighted by molar-refractivity contribution is 14.0. The molecule has 6 heteroatoms. The Hall–Kier alpha value is -1.05. The lowest BCUT2D eigenvalue weighted by Gasteiger charge is -2.15. The van der Waals surface area contributed by atoms with E-state index in [0.717, 1.165) is 29.9 Å². The maximum atomic E-state index is 4.61. The van der Waals surface area contributed by atoms with Crippen molar-refractivity contribution in [1.29, 1.82) is 0 Å². The highest BCUT2D eigenvalue weighted by Crippen LogP contribution is 2.28. The highest BCUT2D eigenvalue weighted by Gasteiger charge is 2.14. The van der Waals surface area contributed by atoms with E-state index in [4.69, 9.17) is 0 Å². The third kappa shape index (κ3) is 7.23. The largest absolute Gasteiger partial charge is 0.363 e. The molecule has 0 bridgehead atoms. The highest BCUT2D eigenvalue weighted by atomic mass is 127.